The number of ether oxygens (including phenoxy) is 3. The number of esters is 1. The van der Waals surface area contributed by atoms with Crippen molar-refractivity contribution in [3.05, 3.63) is 57.9 Å². The van der Waals surface area contributed by atoms with E-state index in [1.165, 1.54) is 20.3 Å². The molecule has 7 heteroatoms. The van der Waals surface area contributed by atoms with Crippen LogP contribution in [0.15, 0.2) is 41.2 Å². The highest BCUT2D eigenvalue weighted by molar-refractivity contribution is 5.98. The Morgan fingerprint density at radius 1 is 0.964 bits per heavy atom. The maximum Gasteiger partial charge on any atom is 0.362 e. The van der Waals surface area contributed by atoms with Crippen molar-refractivity contribution in [1.29, 1.82) is 0 Å². The van der Waals surface area contributed by atoms with Crippen molar-refractivity contribution in [1.82, 2.24) is 10.2 Å². The number of benzene rings is 2. The van der Waals surface area contributed by atoms with Gasteiger partial charge in [-0.3, -0.25) is 4.79 Å². The van der Waals surface area contributed by atoms with Gasteiger partial charge in [0.1, 0.15) is 5.69 Å². The maximum absolute atomic E-state index is 13.1. The van der Waals surface area contributed by atoms with E-state index in [1.54, 1.807) is 13.0 Å². The van der Waals surface area contributed by atoms with Crippen molar-refractivity contribution in [2.75, 3.05) is 20.8 Å². The normalized spacial score (nSPS) is 10.6. The summed E-state index contributed by atoms with van der Waals surface area (Å²) in [5.41, 5.74) is 1.32. The molecule has 0 aliphatic rings. The van der Waals surface area contributed by atoms with E-state index in [4.69, 9.17) is 14.2 Å². The van der Waals surface area contributed by atoms with Crippen LogP contribution in [0.25, 0.3) is 22.0 Å². The molecule has 0 spiro atoms. The summed E-state index contributed by atoms with van der Waals surface area (Å²) < 4.78 is 15.7. The van der Waals surface area contributed by atoms with E-state index in [9.17, 15) is 9.59 Å². The Morgan fingerprint density at radius 2 is 1.57 bits per heavy atom. The summed E-state index contributed by atoms with van der Waals surface area (Å²) in [5.74, 6) is -0.0152. The fraction of sp³-hybridized carbons (Fsp3) is 0.238. The van der Waals surface area contributed by atoms with Crippen LogP contribution < -0.4 is 14.9 Å². The van der Waals surface area contributed by atoms with Crippen LogP contribution in [0.2, 0.25) is 0 Å². The molecule has 144 valence electrons. The Labute approximate surface area is 161 Å². The van der Waals surface area contributed by atoms with Crippen LogP contribution in [0.3, 0.4) is 0 Å². The lowest BCUT2D eigenvalue weighted by atomic mass is 10.0. The van der Waals surface area contributed by atoms with Gasteiger partial charge in [-0.15, -0.1) is 10.2 Å². The summed E-state index contributed by atoms with van der Waals surface area (Å²) >= 11 is 0. The molecule has 0 fully saturated rings. The second-order valence-corrected chi connectivity index (χ2v) is 6.07. The predicted molar refractivity (Wildman–Crippen MR) is 105 cm³/mol. The standard InChI is InChI=1S/C21H20N2O5/c1-5-28-21(25)19-20(24)15-11-17(27-4)16(26-3)10-14(15)18(22-23-19)13-8-6-12(2)7-9-13/h6-11H,5H2,1-4H3. The van der Waals surface area contributed by atoms with Crippen LogP contribution in [0.4, 0.5) is 0 Å². The molecule has 1 aromatic heterocycles. The van der Waals surface area contributed by atoms with Crippen LogP contribution >= 0.6 is 0 Å². The van der Waals surface area contributed by atoms with Gasteiger partial charge in [-0.1, -0.05) is 29.8 Å². The van der Waals surface area contributed by atoms with Crippen molar-refractivity contribution in [3.8, 4) is 22.8 Å². The first-order chi connectivity index (χ1) is 13.5. The summed E-state index contributed by atoms with van der Waals surface area (Å²) in [6.45, 7) is 3.75. The molecular weight excluding hydrogens is 360 g/mol. The van der Waals surface area contributed by atoms with Crippen LogP contribution in [-0.4, -0.2) is 37.0 Å². The van der Waals surface area contributed by atoms with Crippen molar-refractivity contribution in [2.24, 2.45) is 0 Å². The van der Waals surface area contributed by atoms with Crippen LogP contribution in [0.1, 0.15) is 23.0 Å². The van der Waals surface area contributed by atoms with Gasteiger partial charge in [0.2, 0.25) is 11.1 Å². The number of hydrogen-bond donors (Lipinski definition) is 0. The minimum absolute atomic E-state index is 0.123. The van der Waals surface area contributed by atoms with Crippen molar-refractivity contribution < 1.29 is 19.0 Å². The number of hydrogen-bond acceptors (Lipinski definition) is 7. The van der Waals surface area contributed by atoms with Crippen molar-refractivity contribution in [2.45, 2.75) is 13.8 Å². The Hall–Kier alpha value is -3.48. The highest BCUT2D eigenvalue weighted by atomic mass is 16.5. The first kappa shape index (κ1) is 19.3. The summed E-state index contributed by atoms with van der Waals surface area (Å²) in [6.07, 6.45) is 0. The molecule has 0 bridgehead atoms. The Morgan fingerprint density at radius 3 is 2.14 bits per heavy atom. The number of aryl methyl sites for hydroxylation is 1. The lowest BCUT2D eigenvalue weighted by molar-refractivity contribution is 0.0517. The minimum Gasteiger partial charge on any atom is -0.493 e. The van der Waals surface area contributed by atoms with Gasteiger partial charge in [-0.05, 0) is 26.0 Å². The number of nitrogens with zero attached hydrogens (tertiary/aromatic N) is 2. The molecule has 7 nitrogen and oxygen atoms in total. The van der Waals surface area contributed by atoms with Gasteiger partial charge in [-0.25, -0.2) is 4.79 Å². The molecule has 0 saturated carbocycles. The van der Waals surface area contributed by atoms with Gasteiger partial charge in [-0.2, -0.15) is 0 Å². The van der Waals surface area contributed by atoms with Gasteiger partial charge >= 0.3 is 5.97 Å². The van der Waals surface area contributed by atoms with Crippen LogP contribution in [0, 0.1) is 6.92 Å². The van der Waals surface area contributed by atoms with Crippen LogP contribution in [0.5, 0.6) is 11.5 Å². The monoisotopic (exact) mass is 380 g/mol. The first-order valence-electron chi connectivity index (χ1n) is 8.71. The molecule has 1 heterocycles. The third-order valence-corrected chi connectivity index (χ3v) is 4.28. The van der Waals surface area contributed by atoms with E-state index in [2.05, 4.69) is 10.2 Å². The molecule has 3 aromatic rings. The van der Waals surface area contributed by atoms with Gasteiger partial charge in [0.25, 0.3) is 0 Å². The zero-order chi connectivity index (χ0) is 20.3. The van der Waals surface area contributed by atoms with Crippen molar-refractivity contribution in [3.63, 3.8) is 0 Å². The molecule has 0 radical (unpaired) electrons. The molecule has 0 amide bonds. The highest BCUT2D eigenvalue weighted by Crippen LogP contribution is 2.34. The summed E-state index contributed by atoms with van der Waals surface area (Å²) in [7, 11) is 2.98. The molecule has 0 saturated heterocycles. The van der Waals surface area contributed by atoms with E-state index in [1.807, 2.05) is 31.2 Å². The van der Waals surface area contributed by atoms with Crippen LogP contribution in [-0.2, 0) is 4.74 Å². The molecule has 0 unspecified atom stereocenters. The number of carbonyl (C=O) groups is 1. The molecule has 0 aliphatic heterocycles. The third kappa shape index (κ3) is 3.51. The van der Waals surface area contributed by atoms with E-state index in [0.29, 0.717) is 22.6 Å². The average Bonchev–Trinajstić information content (AvgIpc) is 2.84. The lowest BCUT2D eigenvalue weighted by Gasteiger charge is -2.09. The SMILES string of the molecule is CCOC(=O)c1nnc(-c2ccc(C)cc2)c2cc(OC)c(OC)cc2c1=O. The summed E-state index contributed by atoms with van der Waals surface area (Å²) in [5, 5.41) is 8.88. The van der Waals surface area contributed by atoms with E-state index < -0.39 is 11.4 Å². The third-order valence-electron chi connectivity index (χ3n) is 4.28. The first-order valence-corrected chi connectivity index (χ1v) is 8.71. The molecular formula is C21H20N2O5. The minimum atomic E-state index is -0.817. The second-order valence-electron chi connectivity index (χ2n) is 6.07. The number of fused-ring (bicyclic) bond motifs is 1. The Bertz CT molecular complexity index is 1090. The maximum atomic E-state index is 13.1. The molecule has 0 N–H and O–H groups in total. The van der Waals surface area contributed by atoms with Crippen molar-refractivity contribution >= 4 is 16.7 Å². The zero-order valence-electron chi connectivity index (χ0n) is 16.1. The van der Waals surface area contributed by atoms with E-state index >= 15 is 0 Å². The van der Waals surface area contributed by atoms with E-state index in [-0.39, 0.29) is 17.7 Å². The number of carbonyl (C=O) groups excluding carboxylic acids is 1. The fourth-order valence-electron chi connectivity index (χ4n) is 2.85. The Balaban J connectivity index is 2.44. The second kappa shape index (κ2) is 8.04. The topological polar surface area (TPSA) is 87.6 Å². The smallest absolute Gasteiger partial charge is 0.362 e. The number of aromatic nitrogens is 2. The number of methoxy groups -OCH3 is 2. The molecule has 0 aliphatic carbocycles. The Kier molecular flexibility index (Phi) is 5.54. The fourth-order valence-corrected chi connectivity index (χ4v) is 2.85. The number of rotatable bonds is 5. The quantitative estimate of drug-likeness (QED) is 0.628. The van der Waals surface area contributed by atoms with E-state index in [0.717, 1.165) is 11.1 Å². The largest absolute Gasteiger partial charge is 0.493 e. The molecule has 28 heavy (non-hydrogen) atoms. The zero-order valence-corrected chi connectivity index (χ0v) is 16.1. The highest BCUT2D eigenvalue weighted by Gasteiger charge is 2.20. The summed E-state index contributed by atoms with van der Waals surface area (Å²) in [4.78, 5) is 25.3. The van der Waals surface area contributed by atoms with Gasteiger partial charge < -0.3 is 14.2 Å². The predicted octanol–water partition coefficient (Wildman–Crippen LogP) is 3.16. The molecule has 3 rings (SSSR count). The average molecular weight is 380 g/mol. The van der Waals surface area contributed by atoms with Gasteiger partial charge in [0.15, 0.2) is 11.5 Å². The molecule has 2 aromatic carbocycles. The lowest BCUT2D eigenvalue weighted by Crippen LogP contribution is -2.18. The summed E-state index contributed by atoms with van der Waals surface area (Å²) in [6, 6.07) is 10.8. The van der Waals surface area contributed by atoms with Gasteiger partial charge in [0, 0.05) is 16.3 Å². The van der Waals surface area contributed by atoms with Gasteiger partial charge in [0.05, 0.1) is 20.8 Å². The molecule has 0 atom stereocenters.